The summed E-state index contributed by atoms with van der Waals surface area (Å²) in [6.07, 6.45) is 7.94. The fraction of sp³-hybridized carbons (Fsp3) is 0.316. The highest BCUT2D eigenvalue weighted by Crippen LogP contribution is 2.32. The van der Waals surface area contributed by atoms with Gasteiger partial charge in [0.05, 0.1) is 0 Å². The Hall–Kier alpha value is -2.49. The average molecular weight is 307 g/mol. The minimum absolute atomic E-state index is 0.203. The first kappa shape index (κ1) is 15.4. The molecule has 1 amide bonds. The first-order valence-corrected chi connectivity index (χ1v) is 8.02. The number of benzene rings is 1. The number of aromatic nitrogens is 2. The van der Waals surface area contributed by atoms with Gasteiger partial charge in [0.1, 0.15) is 12.0 Å². The first-order chi connectivity index (χ1) is 11.1. The minimum Gasteiger partial charge on any atom is -0.321 e. The van der Waals surface area contributed by atoms with Crippen LogP contribution in [0.5, 0.6) is 0 Å². The lowest BCUT2D eigenvalue weighted by Crippen LogP contribution is -2.15. The van der Waals surface area contributed by atoms with E-state index in [1.165, 1.54) is 42.3 Å². The molecule has 0 spiro atoms. The lowest BCUT2D eigenvalue weighted by atomic mass is 9.88. The van der Waals surface area contributed by atoms with E-state index >= 15 is 0 Å². The van der Waals surface area contributed by atoms with Crippen molar-refractivity contribution >= 4 is 17.2 Å². The molecule has 0 radical (unpaired) electrons. The summed E-state index contributed by atoms with van der Waals surface area (Å²) in [6, 6.07) is 8.09. The Kier molecular flexibility index (Phi) is 4.51. The zero-order valence-corrected chi connectivity index (χ0v) is 13.6. The normalized spacial score (nSPS) is 14.7. The number of allylic oxidation sites excluding steroid dienone is 2. The van der Waals surface area contributed by atoms with Crippen LogP contribution in [0, 0.1) is 6.92 Å². The average Bonchev–Trinajstić information content (AvgIpc) is 2.56. The summed E-state index contributed by atoms with van der Waals surface area (Å²) in [6.45, 7) is 4.05. The maximum Gasteiger partial charge on any atom is 0.274 e. The third-order valence-electron chi connectivity index (χ3n) is 4.35. The van der Waals surface area contributed by atoms with Crippen LogP contribution in [0.4, 0.5) is 5.69 Å². The number of amides is 1. The Morgan fingerprint density at radius 1 is 1.09 bits per heavy atom. The quantitative estimate of drug-likeness (QED) is 0.915. The molecule has 0 unspecified atom stereocenters. The van der Waals surface area contributed by atoms with Gasteiger partial charge in [-0.05, 0) is 68.4 Å². The Morgan fingerprint density at radius 3 is 2.52 bits per heavy atom. The molecule has 1 aromatic heterocycles. The largest absolute Gasteiger partial charge is 0.321 e. The molecule has 4 nitrogen and oxygen atoms in total. The molecule has 4 heteroatoms. The van der Waals surface area contributed by atoms with E-state index in [9.17, 15) is 4.79 Å². The highest BCUT2D eigenvalue weighted by Gasteiger charge is 2.13. The summed E-state index contributed by atoms with van der Waals surface area (Å²) in [5.41, 5.74) is 6.18. The summed E-state index contributed by atoms with van der Waals surface area (Å²) in [5, 5.41) is 2.90. The second kappa shape index (κ2) is 6.73. The highest BCUT2D eigenvalue weighted by molar-refractivity contribution is 6.03. The van der Waals surface area contributed by atoms with Crippen molar-refractivity contribution < 1.29 is 4.79 Å². The lowest BCUT2D eigenvalue weighted by molar-refractivity contribution is 0.102. The van der Waals surface area contributed by atoms with Crippen molar-refractivity contribution in [3.63, 3.8) is 0 Å². The first-order valence-electron chi connectivity index (χ1n) is 8.02. The summed E-state index contributed by atoms with van der Waals surface area (Å²) in [7, 11) is 0. The number of nitrogens with one attached hydrogen (secondary N) is 1. The van der Waals surface area contributed by atoms with Crippen molar-refractivity contribution in [1.29, 1.82) is 0 Å². The number of carbonyl (C=O) groups excluding carboxylic acids is 1. The van der Waals surface area contributed by atoms with Crippen molar-refractivity contribution in [1.82, 2.24) is 9.97 Å². The van der Waals surface area contributed by atoms with Crippen LogP contribution in [0.3, 0.4) is 0 Å². The Morgan fingerprint density at radius 2 is 1.83 bits per heavy atom. The summed E-state index contributed by atoms with van der Waals surface area (Å²) in [4.78, 5) is 20.2. The number of hydrogen-bond donors (Lipinski definition) is 1. The number of rotatable bonds is 3. The van der Waals surface area contributed by atoms with E-state index in [0.717, 1.165) is 17.7 Å². The molecule has 2 aromatic rings. The summed E-state index contributed by atoms with van der Waals surface area (Å²) >= 11 is 0. The lowest BCUT2D eigenvalue weighted by Gasteiger charge is -2.18. The number of aryl methyl sites for hydroxylation is 1. The molecule has 1 aliphatic carbocycles. The summed E-state index contributed by atoms with van der Waals surface area (Å²) in [5.74, 6) is -0.203. The van der Waals surface area contributed by atoms with Gasteiger partial charge in [-0.25, -0.2) is 9.97 Å². The molecule has 1 aromatic carbocycles. The van der Waals surface area contributed by atoms with Crippen LogP contribution in [0.25, 0.3) is 5.57 Å². The predicted molar refractivity (Wildman–Crippen MR) is 92.2 cm³/mol. The third-order valence-corrected chi connectivity index (χ3v) is 4.35. The standard InChI is InChI=1S/C19H21N3O/c1-13-5-3-4-6-17(13)15-7-9-16(10-8-15)22-19(23)18-14(2)11-20-12-21-18/h7-12H,3-6H2,1-2H3,(H,22,23). The zero-order chi connectivity index (χ0) is 16.2. The van der Waals surface area contributed by atoms with Crippen LogP contribution in [-0.4, -0.2) is 15.9 Å². The Labute approximate surface area is 136 Å². The topological polar surface area (TPSA) is 54.9 Å². The highest BCUT2D eigenvalue weighted by atomic mass is 16.1. The Balaban J connectivity index is 1.75. The van der Waals surface area contributed by atoms with Gasteiger partial charge in [-0.15, -0.1) is 0 Å². The van der Waals surface area contributed by atoms with Crippen molar-refractivity contribution in [2.45, 2.75) is 39.5 Å². The number of carbonyl (C=O) groups is 1. The van der Waals surface area contributed by atoms with Gasteiger partial charge in [-0.1, -0.05) is 17.7 Å². The molecule has 1 N–H and O–H groups in total. The van der Waals surface area contributed by atoms with Crippen LogP contribution >= 0.6 is 0 Å². The van der Waals surface area contributed by atoms with E-state index in [2.05, 4.69) is 34.3 Å². The van der Waals surface area contributed by atoms with Gasteiger partial charge >= 0.3 is 0 Å². The van der Waals surface area contributed by atoms with Crippen molar-refractivity contribution in [3.8, 4) is 0 Å². The van der Waals surface area contributed by atoms with E-state index in [-0.39, 0.29) is 5.91 Å². The second-order valence-electron chi connectivity index (χ2n) is 6.05. The predicted octanol–water partition coefficient (Wildman–Crippen LogP) is 4.38. The molecule has 0 saturated carbocycles. The monoisotopic (exact) mass is 307 g/mol. The van der Waals surface area contributed by atoms with Crippen LogP contribution in [-0.2, 0) is 0 Å². The maximum absolute atomic E-state index is 12.3. The van der Waals surface area contributed by atoms with E-state index in [1.807, 2.05) is 19.1 Å². The Bertz CT molecular complexity index is 747. The van der Waals surface area contributed by atoms with Crippen LogP contribution in [0.15, 0.2) is 42.4 Å². The van der Waals surface area contributed by atoms with Crippen molar-refractivity contribution in [3.05, 3.63) is 59.2 Å². The van der Waals surface area contributed by atoms with Gasteiger partial charge in [0.15, 0.2) is 0 Å². The molecule has 3 rings (SSSR count). The van der Waals surface area contributed by atoms with Crippen LogP contribution in [0.1, 0.15) is 54.2 Å². The molecule has 1 heterocycles. The zero-order valence-electron chi connectivity index (χ0n) is 13.6. The van der Waals surface area contributed by atoms with E-state index in [1.54, 1.807) is 6.20 Å². The van der Waals surface area contributed by atoms with Crippen molar-refractivity contribution in [2.75, 3.05) is 5.32 Å². The summed E-state index contributed by atoms with van der Waals surface area (Å²) < 4.78 is 0. The minimum atomic E-state index is -0.203. The third kappa shape index (κ3) is 3.47. The van der Waals surface area contributed by atoms with Gasteiger partial charge in [0.2, 0.25) is 0 Å². The SMILES string of the molecule is CC1=C(c2ccc(NC(=O)c3ncncc3C)cc2)CCCC1. The van der Waals surface area contributed by atoms with Gasteiger partial charge in [-0.2, -0.15) is 0 Å². The molecule has 0 aliphatic heterocycles. The van der Waals surface area contributed by atoms with Gasteiger partial charge in [0.25, 0.3) is 5.91 Å². The molecule has 1 aliphatic rings. The number of anilines is 1. The van der Waals surface area contributed by atoms with Gasteiger partial charge in [-0.3, -0.25) is 4.79 Å². The van der Waals surface area contributed by atoms with Gasteiger partial charge < -0.3 is 5.32 Å². The molecule has 0 saturated heterocycles. The smallest absolute Gasteiger partial charge is 0.274 e. The molecule has 23 heavy (non-hydrogen) atoms. The van der Waals surface area contributed by atoms with Crippen LogP contribution in [0.2, 0.25) is 0 Å². The van der Waals surface area contributed by atoms with E-state index < -0.39 is 0 Å². The van der Waals surface area contributed by atoms with E-state index in [4.69, 9.17) is 0 Å². The molecule has 0 atom stereocenters. The molecular formula is C19H21N3O. The molecule has 0 bridgehead atoms. The molecular weight excluding hydrogens is 286 g/mol. The number of hydrogen-bond acceptors (Lipinski definition) is 3. The molecule has 0 fully saturated rings. The van der Waals surface area contributed by atoms with Crippen molar-refractivity contribution in [2.24, 2.45) is 0 Å². The fourth-order valence-electron chi connectivity index (χ4n) is 3.03. The fourth-order valence-corrected chi connectivity index (χ4v) is 3.03. The van der Waals surface area contributed by atoms with Gasteiger partial charge in [0, 0.05) is 11.9 Å². The maximum atomic E-state index is 12.3. The van der Waals surface area contributed by atoms with Crippen LogP contribution < -0.4 is 5.32 Å². The van der Waals surface area contributed by atoms with E-state index in [0.29, 0.717) is 5.69 Å². The number of nitrogens with zero attached hydrogens (tertiary/aromatic N) is 2. The molecule has 118 valence electrons. The second-order valence-corrected chi connectivity index (χ2v) is 6.05.